The van der Waals surface area contributed by atoms with Gasteiger partial charge >= 0.3 is 17.8 Å². The van der Waals surface area contributed by atoms with Crippen molar-refractivity contribution in [1.82, 2.24) is 55.0 Å². The molecular formula is C85H112N13O17S+. The van der Waals surface area contributed by atoms with Crippen LogP contribution in [0.5, 0.6) is 11.5 Å². The molecule has 7 aliphatic rings. The Morgan fingerprint density at radius 2 is 1.24 bits per heavy atom. The number of methoxy groups -OCH3 is 1. The van der Waals surface area contributed by atoms with Gasteiger partial charge in [-0.2, -0.15) is 4.57 Å². The quantitative estimate of drug-likeness (QED) is 0.00609. The van der Waals surface area contributed by atoms with E-state index in [1.54, 1.807) is 33.2 Å². The van der Waals surface area contributed by atoms with Crippen molar-refractivity contribution < 1.29 is 86.4 Å². The molecular weight excluding hydrogens is 1510 g/mol. The maximum atomic E-state index is 13.5. The molecule has 4 bridgehead atoms. The average molecular weight is 1620 g/mol. The summed E-state index contributed by atoms with van der Waals surface area (Å²) < 4.78 is 34.3. The zero-order chi connectivity index (χ0) is 82.0. The van der Waals surface area contributed by atoms with E-state index in [4.69, 9.17) is 50.4 Å². The first-order valence-electron chi connectivity index (χ1n) is 40.1. The number of aliphatic hydroxyl groups excluding tert-OH is 2. The molecule has 30 nitrogen and oxygen atoms in total. The van der Waals surface area contributed by atoms with Gasteiger partial charge in [0.1, 0.15) is 17.8 Å². The molecule has 2 saturated heterocycles. The van der Waals surface area contributed by atoms with E-state index in [1.165, 1.54) is 21.8 Å². The fourth-order valence-corrected chi connectivity index (χ4v) is 17.6. The zero-order valence-corrected chi connectivity index (χ0v) is 67.7. The van der Waals surface area contributed by atoms with Gasteiger partial charge in [-0.1, -0.05) is 92.1 Å². The summed E-state index contributed by atoms with van der Waals surface area (Å²) in [5.41, 5.74) is 4.56. The van der Waals surface area contributed by atoms with Crippen LogP contribution in [0.2, 0.25) is 0 Å². The molecule has 0 unspecified atom stereocenters. The van der Waals surface area contributed by atoms with Gasteiger partial charge in [0, 0.05) is 87.4 Å². The minimum absolute atomic E-state index is 0. The number of aliphatic hydroxyl groups is 2. The lowest BCUT2D eigenvalue weighted by Gasteiger charge is -2.22. The fourth-order valence-electron chi connectivity index (χ4n) is 16.4. The second kappa shape index (κ2) is 41.1. The Kier molecular flexibility index (Phi) is 31.3. The Morgan fingerprint density at radius 3 is 1.79 bits per heavy atom. The van der Waals surface area contributed by atoms with Crippen molar-refractivity contribution in [2.45, 2.75) is 170 Å². The number of thiophene rings is 1. The van der Waals surface area contributed by atoms with Crippen LogP contribution in [0.1, 0.15) is 169 Å². The number of ether oxygens (including phenoxy) is 5. The molecule has 3 aliphatic heterocycles. The van der Waals surface area contributed by atoms with Gasteiger partial charge in [-0.15, -0.1) is 27.5 Å². The maximum Gasteiger partial charge on any atom is 0.313 e. The van der Waals surface area contributed by atoms with Crippen molar-refractivity contribution in [3.8, 4) is 28.8 Å². The number of nitrogens with zero attached hydrogens (tertiary/aromatic N) is 11. The predicted octanol–water partition coefficient (Wildman–Crippen LogP) is 6.59. The molecule has 31 heteroatoms. The standard InChI is InChI=1S/C61H76N10O12S.C23H31N3O5.CH4/c1-38-39(2)84-60-53(38)56(42-14-10-8-11-15-42)63-46(34-52(76)83-61(4,5)6)57-65-70(40(3)71(57)60)35-41-17-20-47(48(32-41)79-7)82-51(75)22-28-80-30-31-81-29-26-68-37-45(64-66-68)36-67(25-21-49(73)62-23-27-72)50(74)16-12-9-13-24-69-58(77)54-43-18-19-44(33-43)55(54)59(69)78;1-2-11-25(13-9-18(28)24-10-14-27)19(29)6-4-3-5-12-26-22(30)20-16-7-8-17(15-16)21(20)23(26)31;/h8,10-11,14-15,17-20,32,37,43-44,46,54-55,72H,9,12-13,16,21-31,33-36H2,1-7H3;1,7-8,16-17,20-21,27H,3-6,9-15H2,(H,24,28);1H4/p+1/t43-,44+,46-,54+,55-;16-,17+,20+,21-;/m0../s1. The third-order valence-electron chi connectivity index (χ3n) is 22.1. The highest BCUT2D eigenvalue weighted by atomic mass is 32.1. The van der Waals surface area contributed by atoms with E-state index in [1.807, 2.05) is 74.8 Å². The van der Waals surface area contributed by atoms with Crippen molar-refractivity contribution in [2.24, 2.45) is 52.3 Å². The topological polar surface area (TPSA) is 359 Å². The number of hydrogen-bond acceptors (Lipinski definition) is 22. The van der Waals surface area contributed by atoms with Crippen LogP contribution in [0, 0.1) is 80.5 Å². The van der Waals surface area contributed by atoms with Gasteiger partial charge in [0.05, 0.1) is 120 Å². The number of carbonyl (C=O) groups is 10. The molecule has 4 aliphatic carbocycles. The Labute approximate surface area is 681 Å². The predicted molar refractivity (Wildman–Crippen MR) is 428 cm³/mol. The van der Waals surface area contributed by atoms with Gasteiger partial charge in [0.25, 0.3) is 0 Å². The summed E-state index contributed by atoms with van der Waals surface area (Å²) in [6.45, 7) is 14.7. The molecule has 0 spiro atoms. The first-order valence-corrected chi connectivity index (χ1v) is 40.9. The number of likely N-dealkylation sites (tertiary alicyclic amines) is 2. The van der Waals surface area contributed by atoms with E-state index in [2.05, 4.69) is 69.6 Å². The molecule has 2 aromatic carbocycles. The summed E-state index contributed by atoms with van der Waals surface area (Å²) in [5, 5.41) is 37.6. The second-order valence-electron chi connectivity index (χ2n) is 31.2. The minimum Gasteiger partial charge on any atom is -0.493 e. The highest BCUT2D eigenvalue weighted by Gasteiger charge is 2.60. The number of fused-ring (bicyclic) bond motifs is 13. The molecule has 2 saturated carbocycles. The molecule has 624 valence electrons. The van der Waals surface area contributed by atoms with Crippen LogP contribution in [0.3, 0.4) is 0 Å². The molecule has 3 aromatic heterocycles. The van der Waals surface area contributed by atoms with Crippen LogP contribution < -0.4 is 24.7 Å². The van der Waals surface area contributed by atoms with E-state index >= 15 is 0 Å². The van der Waals surface area contributed by atoms with Gasteiger partial charge in [-0.3, -0.25) is 62.7 Å². The number of unbranched alkanes of at least 4 members (excludes halogenated alkanes) is 4. The Morgan fingerprint density at radius 1 is 0.681 bits per heavy atom. The number of hydrogen-bond donors (Lipinski definition) is 4. The van der Waals surface area contributed by atoms with Crippen LogP contribution in [0.15, 0.2) is 84.0 Å². The second-order valence-corrected chi connectivity index (χ2v) is 32.4. The van der Waals surface area contributed by atoms with E-state index in [9.17, 15) is 47.9 Å². The number of aryl methyl sites for hydroxylation is 1. The normalized spacial score (nSPS) is 20.3. The number of aromatic nitrogens is 6. The summed E-state index contributed by atoms with van der Waals surface area (Å²) in [4.78, 5) is 140. The van der Waals surface area contributed by atoms with Gasteiger partial charge in [0.2, 0.25) is 53.1 Å². The minimum atomic E-state index is -0.677. The van der Waals surface area contributed by atoms with E-state index < -0.39 is 17.6 Å². The summed E-state index contributed by atoms with van der Waals surface area (Å²) >= 11 is 1.66. The summed E-state index contributed by atoms with van der Waals surface area (Å²) in [6.07, 6.45) is 21.7. The fraction of sp³-hybridized carbons (Fsp3) is 0.565. The van der Waals surface area contributed by atoms with Crippen LogP contribution in [0.25, 0.3) is 5.00 Å². The summed E-state index contributed by atoms with van der Waals surface area (Å²) in [7, 11) is 1.51. The van der Waals surface area contributed by atoms with Crippen LogP contribution in [-0.4, -0.2) is 218 Å². The number of allylic oxidation sites excluding steroid dienone is 4. The molecule has 12 rings (SSSR count). The molecule has 8 amide bonds. The van der Waals surface area contributed by atoms with Crippen molar-refractivity contribution in [1.29, 1.82) is 0 Å². The van der Waals surface area contributed by atoms with Crippen molar-refractivity contribution in [2.75, 3.05) is 92.6 Å². The molecule has 5 aromatic rings. The summed E-state index contributed by atoms with van der Waals surface area (Å²) in [5.74, 6) is 2.70. The van der Waals surface area contributed by atoms with Crippen LogP contribution >= 0.6 is 11.3 Å². The Bertz CT molecular complexity index is 4440. The van der Waals surface area contributed by atoms with Gasteiger partial charge in [0.15, 0.2) is 22.5 Å². The average Bonchev–Trinajstić information content (AvgIpc) is 1.50. The number of benzene rings is 2. The number of aliphatic imine (C=N–C) groups is 1. The van der Waals surface area contributed by atoms with Crippen LogP contribution in [-0.2, 0) is 81.8 Å². The highest BCUT2D eigenvalue weighted by molar-refractivity contribution is 7.14. The largest absolute Gasteiger partial charge is 0.493 e. The number of amides is 8. The third-order valence-corrected chi connectivity index (χ3v) is 23.3. The van der Waals surface area contributed by atoms with Crippen LogP contribution in [0.4, 0.5) is 0 Å². The lowest BCUT2D eigenvalue weighted by molar-refractivity contribution is -0.609. The number of rotatable bonds is 41. The van der Waals surface area contributed by atoms with Gasteiger partial charge in [-0.05, 0) is 120 Å². The molecule has 6 heterocycles. The molecule has 0 radical (unpaired) electrons. The number of carbonyl (C=O) groups excluding carboxylic acids is 10. The molecule has 4 N–H and O–H groups in total. The Balaban J connectivity index is 0.000000371. The maximum absolute atomic E-state index is 13.5. The zero-order valence-electron chi connectivity index (χ0n) is 66.8. The highest BCUT2D eigenvalue weighted by Crippen LogP contribution is 2.54. The SMILES string of the molecule is C.C#CCN(CCC(=O)NCCO)C(=O)CCCCCN1C(=O)[C@@H]2[C@H](C1=O)[C@H]1C=C[C@@H]2C1.COc1cc(Cn2nc3[n+](c2C)-c2sc(C)c(C)c2C(c2ccccc2)=N[C@H]3CC(=O)OC(C)(C)C)ccc1OC(=O)CCOCCOCCn1cc(CN(CCC(=O)NCCO)C(=O)CCCCCN2C(=O)[C@@H]3[C@H](C2=O)[C@H]2C=C[C@@H]3C2)nn1. The Hall–Kier alpha value is -10.1. The van der Waals surface area contributed by atoms with E-state index in [0.717, 1.165) is 62.9 Å². The van der Waals surface area contributed by atoms with Crippen molar-refractivity contribution in [3.63, 3.8) is 0 Å². The number of esters is 2. The number of nitrogens with one attached hydrogen (secondary N) is 2. The first kappa shape index (κ1) is 88.2. The lowest BCUT2D eigenvalue weighted by atomic mass is 9.85. The monoisotopic (exact) mass is 1620 g/mol. The number of imide groups is 2. The first-order chi connectivity index (χ1) is 55.4. The summed E-state index contributed by atoms with van der Waals surface area (Å²) in [6, 6.07) is 14.7. The van der Waals surface area contributed by atoms with Gasteiger partial charge < -0.3 is 54.3 Å². The smallest absolute Gasteiger partial charge is 0.313 e. The van der Waals surface area contributed by atoms with E-state index in [-0.39, 0.29) is 218 Å². The molecule has 116 heavy (non-hydrogen) atoms. The lowest BCUT2D eigenvalue weighted by Crippen LogP contribution is -2.38. The van der Waals surface area contributed by atoms with Crippen molar-refractivity contribution >= 4 is 76.2 Å². The molecule has 9 atom stereocenters. The molecule has 4 fully saturated rings. The van der Waals surface area contributed by atoms with E-state index in [0.29, 0.717) is 88.6 Å². The van der Waals surface area contributed by atoms with Crippen molar-refractivity contribution in [3.05, 3.63) is 124 Å². The number of terminal acetylenes is 1. The third kappa shape index (κ3) is 21.7. The van der Waals surface area contributed by atoms with Gasteiger partial charge in [-0.25, -0.2) is 4.68 Å².